The molecule has 1 aliphatic heterocycles. The highest BCUT2D eigenvalue weighted by atomic mass is 19.4. The minimum absolute atomic E-state index is 0.0994. The van der Waals surface area contributed by atoms with Crippen molar-refractivity contribution in [2.24, 2.45) is 0 Å². The first kappa shape index (κ1) is 17.3. The zero-order valence-corrected chi connectivity index (χ0v) is 14.4. The Morgan fingerprint density at radius 3 is 2.74 bits per heavy atom. The summed E-state index contributed by atoms with van der Waals surface area (Å²) in [7, 11) is 0. The summed E-state index contributed by atoms with van der Waals surface area (Å²) < 4.78 is 38.5. The molecule has 0 spiro atoms. The smallest absolute Gasteiger partial charge is 0.370 e. The molecule has 0 radical (unpaired) electrons. The molecule has 3 aromatic rings. The number of nitrogens with one attached hydrogen (secondary N) is 2. The lowest BCUT2D eigenvalue weighted by Crippen LogP contribution is -2.10. The highest BCUT2D eigenvalue weighted by Crippen LogP contribution is 2.31. The summed E-state index contributed by atoms with van der Waals surface area (Å²) in [5, 5.41) is 6.08. The van der Waals surface area contributed by atoms with Crippen LogP contribution in [-0.2, 0) is 12.6 Å². The van der Waals surface area contributed by atoms with Gasteiger partial charge in [-0.05, 0) is 54.3 Å². The molecule has 4 rings (SSSR count). The van der Waals surface area contributed by atoms with Crippen LogP contribution in [-0.4, -0.2) is 21.5 Å². The van der Waals surface area contributed by atoms with Gasteiger partial charge in [0.2, 0.25) is 5.95 Å². The van der Waals surface area contributed by atoms with Crippen LogP contribution in [0.2, 0.25) is 0 Å². The first-order valence-electron chi connectivity index (χ1n) is 8.40. The third-order valence-electron chi connectivity index (χ3n) is 4.27. The number of alkyl halides is 3. The van der Waals surface area contributed by atoms with Crippen molar-refractivity contribution in [3.63, 3.8) is 0 Å². The van der Waals surface area contributed by atoms with Gasteiger partial charge in [0.15, 0.2) is 0 Å². The summed E-state index contributed by atoms with van der Waals surface area (Å²) in [6.45, 7) is 2.79. The number of pyridine rings is 1. The maximum absolute atomic E-state index is 12.8. The number of anilines is 3. The Kier molecular flexibility index (Phi) is 4.18. The molecule has 8 heteroatoms. The van der Waals surface area contributed by atoms with E-state index in [-0.39, 0.29) is 5.95 Å². The number of aryl methyl sites for hydroxylation is 1. The van der Waals surface area contributed by atoms with E-state index in [1.165, 1.54) is 0 Å². The van der Waals surface area contributed by atoms with Gasteiger partial charge in [-0.25, -0.2) is 15.0 Å². The van der Waals surface area contributed by atoms with E-state index >= 15 is 0 Å². The predicted molar refractivity (Wildman–Crippen MR) is 96.9 cm³/mol. The van der Waals surface area contributed by atoms with Crippen LogP contribution in [0.3, 0.4) is 0 Å². The molecule has 3 heterocycles. The van der Waals surface area contributed by atoms with Gasteiger partial charge < -0.3 is 10.6 Å². The van der Waals surface area contributed by atoms with E-state index in [1.807, 2.05) is 25.1 Å². The zero-order valence-electron chi connectivity index (χ0n) is 14.4. The van der Waals surface area contributed by atoms with Gasteiger partial charge >= 0.3 is 6.18 Å². The first-order chi connectivity index (χ1) is 12.9. The maximum atomic E-state index is 12.8. The average molecular weight is 371 g/mol. The average Bonchev–Trinajstić information content (AvgIpc) is 3.08. The highest BCUT2D eigenvalue weighted by Gasteiger charge is 2.32. The minimum Gasteiger partial charge on any atom is -0.370 e. The second-order valence-electron chi connectivity index (χ2n) is 6.38. The van der Waals surface area contributed by atoms with Crippen LogP contribution < -0.4 is 10.6 Å². The van der Waals surface area contributed by atoms with Crippen LogP contribution in [0, 0.1) is 6.92 Å². The maximum Gasteiger partial charge on any atom is 0.433 e. The lowest BCUT2D eigenvalue weighted by molar-refractivity contribution is -0.141. The Morgan fingerprint density at radius 2 is 1.93 bits per heavy atom. The molecule has 1 aromatic carbocycles. The van der Waals surface area contributed by atoms with Gasteiger partial charge in [-0.3, -0.25) is 0 Å². The number of aromatic nitrogens is 3. The molecular weight excluding hydrogens is 355 g/mol. The van der Waals surface area contributed by atoms with E-state index in [1.54, 1.807) is 6.20 Å². The topological polar surface area (TPSA) is 62.7 Å². The van der Waals surface area contributed by atoms with Gasteiger partial charge in [0.25, 0.3) is 0 Å². The molecular formula is C19H16F3N5. The molecule has 2 aromatic heterocycles. The summed E-state index contributed by atoms with van der Waals surface area (Å²) in [4.78, 5) is 11.9. The molecule has 0 unspecified atom stereocenters. The number of hydrogen-bond donors (Lipinski definition) is 2. The van der Waals surface area contributed by atoms with Crippen molar-refractivity contribution < 1.29 is 13.2 Å². The van der Waals surface area contributed by atoms with Crippen molar-refractivity contribution in [1.29, 1.82) is 0 Å². The van der Waals surface area contributed by atoms with Crippen LogP contribution in [0.1, 0.15) is 16.8 Å². The standard InChI is InChI=1S/C19H16F3N5/c1-11-6-13(14-8-12-2-4-23-17(12)25-10-14)9-15(7-11)26-18-24-5-3-16(27-18)19(20,21)22/h3,5-10H,2,4H2,1H3,(H,23,25)(H,24,26,27). The van der Waals surface area contributed by atoms with E-state index < -0.39 is 11.9 Å². The van der Waals surface area contributed by atoms with E-state index in [0.29, 0.717) is 5.69 Å². The van der Waals surface area contributed by atoms with E-state index in [2.05, 4.69) is 31.7 Å². The molecule has 2 N–H and O–H groups in total. The molecule has 0 saturated heterocycles. The molecule has 5 nitrogen and oxygen atoms in total. The molecule has 138 valence electrons. The Labute approximate surface area is 153 Å². The summed E-state index contributed by atoms with van der Waals surface area (Å²) >= 11 is 0. The first-order valence-corrected chi connectivity index (χ1v) is 8.40. The van der Waals surface area contributed by atoms with Gasteiger partial charge in [-0.1, -0.05) is 6.07 Å². The summed E-state index contributed by atoms with van der Waals surface area (Å²) in [6.07, 6.45) is -0.713. The fourth-order valence-electron chi connectivity index (χ4n) is 3.06. The van der Waals surface area contributed by atoms with Crippen molar-refractivity contribution >= 4 is 17.5 Å². The van der Waals surface area contributed by atoms with Crippen molar-refractivity contribution in [3.05, 3.63) is 59.5 Å². The van der Waals surface area contributed by atoms with E-state index in [0.717, 1.165) is 53.3 Å². The Morgan fingerprint density at radius 1 is 1.07 bits per heavy atom. The van der Waals surface area contributed by atoms with E-state index in [4.69, 9.17) is 0 Å². The van der Waals surface area contributed by atoms with Gasteiger partial charge in [0, 0.05) is 30.2 Å². The number of fused-ring (bicyclic) bond motifs is 1. The Hall–Kier alpha value is -3.16. The van der Waals surface area contributed by atoms with Crippen LogP contribution in [0.5, 0.6) is 0 Å². The molecule has 0 atom stereocenters. The van der Waals surface area contributed by atoms with E-state index in [9.17, 15) is 13.2 Å². The fourth-order valence-corrected chi connectivity index (χ4v) is 3.06. The quantitative estimate of drug-likeness (QED) is 0.706. The van der Waals surface area contributed by atoms with Crippen LogP contribution in [0.15, 0.2) is 42.7 Å². The Balaban J connectivity index is 1.65. The molecule has 0 bridgehead atoms. The van der Waals surface area contributed by atoms with Crippen molar-refractivity contribution in [3.8, 4) is 11.1 Å². The van der Waals surface area contributed by atoms with Crippen molar-refractivity contribution in [1.82, 2.24) is 15.0 Å². The molecule has 0 saturated carbocycles. The summed E-state index contributed by atoms with van der Waals surface area (Å²) in [5.74, 6) is 0.805. The normalized spacial score (nSPS) is 13.2. The van der Waals surface area contributed by atoms with Crippen molar-refractivity contribution in [2.45, 2.75) is 19.5 Å². The van der Waals surface area contributed by atoms with Gasteiger partial charge in [-0.2, -0.15) is 13.2 Å². The van der Waals surface area contributed by atoms with Crippen LogP contribution in [0.4, 0.5) is 30.6 Å². The molecule has 0 aliphatic carbocycles. The molecule has 0 fully saturated rings. The second kappa shape index (κ2) is 6.53. The third-order valence-corrected chi connectivity index (χ3v) is 4.27. The summed E-state index contributed by atoms with van der Waals surface area (Å²) in [5.41, 5.74) is 3.62. The highest BCUT2D eigenvalue weighted by molar-refractivity contribution is 5.72. The zero-order chi connectivity index (χ0) is 19.0. The SMILES string of the molecule is Cc1cc(Nc2nccc(C(F)(F)F)n2)cc(-c2cnc3c(c2)CCN3)c1. The van der Waals surface area contributed by atoms with Crippen LogP contribution in [0.25, 0.3) is 11.1 Å². The number of halogens is 3. The number of nitrogens with zero attached hydrogens (tertiary/aromatic N) is 3. The molecule has 27 heavy (non-hydrogen) atoms. The second-order valence-corrected chi connectivity index (χ2v) is 6.38. The molecule has 1 aliphatic rings. The van der Waals surface area contributed by atoms with Gasteiger partial charge in [0.05, 0.1) is 0 Å². The van der Waals surface area contributed by atoms with Gasteiger partial charge in [0.1, 0.15) is 11.5 Å². The number of benzene rings is 1. The number of hydrogen-bond acceptors (Lipinski definition) is 5. The lowest BCUT2D eigenvalue weighted by Gasteiger charge is -2.11. The van der Waals surface area contributed by atoms with Crippen molar-refractivity contribution in [2.75, 3.05) is 17.2 Å². The summed E-state index contributed by atoms with van der Waals surface area (Å²) in [6, 6.07) is 8.61. The lowest BCUT2D eigenvalue weighted by atomic mass is 10.0. The third kappa shape index (κ3) is 3.69. The van der Waals surface area contributed by atoms with Crippen LogP contribution >= 0.6 is 0 Å². The van der Waals surface area contributed by atoms with Gasteiger partial charge in [-0.15, -0.1) is 0 Å². The monoisotopic (exact) mass is 371 g/mol. The minimum atomic E-state index is -4.51. The fraction of sp³-hybridized carbons (Fsp3) is 0.211. The Bertz CT molecular complexity index is 1000. The largest absolute Gasteiger partial charge is 0.433 e. The predicted octanol–water partition coefficient (Wildman–Crippen LogP) is 4.58. The molecule has 0 amide bonds. The number of rotatable bonds is 3.